The van der Waals surface area contributed by atoms with Crippen molar-refractivity contribution in [1.29, 1.82) is 0 Å². The van der Waals surface area contributed by atoms with Gasteiger partial charge in [0.15, 0.2) is 0 Å². The van der Waals surface area contributed by atoms with E-state index >= 15 is 0 Å². The van der Waals surface area contributed by atoms with Gasteiger partial charge in [0.1, 0.15) is 0 Å². The Morgan fingerprint density at radius 3 is 2.23 bits per heavy atom. The van der Waals surface area contributed by atoms with Gasteiger partial charge >= 0.3 is 6.18 Å². The Morgan fingerprint density at radius 1 is 1.18 bits per heavy atom. The van der Waals surface area contributed by atoms with E-state index in [2.05, 4.69) is 0 Å². The van der Waals surface area contributed by atoms with Crippen molar-refractivity contribution in [2.45, 2.75) is 31.3 Å². The standard InChI is InChI=1S/C14H17ClF3NO2S/c1-9-5-10(2)8-19(7-9)22(20,21)11-3-4-13(15)12(6-11)14(16,17)18/h3-4,6,9-10H,5,7-8H2,1-2H3/t9-,10+. The van der Waals surface area contributed by atoms with Gasteiger partial charge in [-0.1, -0.05) is 25.4 Å². The highest BCUT2D eigenvalue weighted by molar-refractivity contribution is 7.89. The van der Waals surface area contributed by atoms with Gasteiger partial charge in [0, 0.05) is 13.1 Å². The molecule has 0 unspecified atom stereocenters. The number of nitrogens with zero attached hydrogens (tertiary/aromatic N) is 1. The molecule has 0 bridgehead atoms. The number of alkyl halides is 3. The van der Waals surface area contributed by atoms with Crippen LogP contribution in [0, 0.1) is 11.8 Å². The van der Waals surface area contributed by atoms with Crippen molar-refractivity contribution in [3.63, 3.8) is 0 Å². The van der Waals surface area contributed by atoms with E-state index in [1.807, 2.05) is 13.8 Å². The number of sulfonamides is 1. The van der Waals surface area contributed by atoms with E-state index in [4.69, 9.17) is 11.6 Å². The summed E-state index contributed by atoms with van der Waals surface area (Å²) in [5.74, 6) is 0.348. The van der Waals surface area contributed by atoms with E-state index < -0.39 is 26.8 Å². The van der Waals surface area contributed by atoms with Gasteiger partial charge < -0.3 is 0 Å². The zero-order valence-electron chi connectivity index (χ0n) is 12.2. The van der Waals surface area contributed by atoms with Crippen molar-refractivity contribution in [3.8, 4) is 0 Å². The monoisotopic (exact) mass is 355 g/mol. The Kier molecular flexibility index (Phi) is 4.80. The lowest BCUT2D eigenvalue weighted by molar-refractivity contribution is -0.137. The lowest BCUT2D eigenvalue weighted by Crippen LogP contribution is -2.42. The van der Waals surface area contributed by atoms with Crippen LogP contribution < -0.4 is 0 Å². The van der Waals surface area contributed by atoms with Gasteiger partial charge in [0.2, 0.25) is 10.0 Å². The average Bonchev–Trinajstić information content (AvgIpc) is 2.36. The van der Waals surface area contributed by atoms with E-state index in [1.165, 1.54) is 4.31 Å². The number of benzene rings is 1. The second kappa shape index (κ2) is 6.02. The highest BCUT2D eigenvalue weighted by Gasteiger charge is 2.36. The zero-order chi connectivity index (χ0) is 16.7. The maximum absolute atomic E-state index is 12.9. The Labute approximate surface area is 133 Å². The van der Waals surface area contributed by atoms with E-state index in [-0.39, 0.29) is 16.7 Å². The van der Waals surface area contributed by atoms with Crippen LogP contribution in [0.5, 0.6) is 0 Å². The Balaban J connectivity index is 2.42. The van der Waals surface area contributed by atoms with Crippen LogP contribution in [0.2, 0.25) is 5.02 Å². The Morgan fingerprint density at radius 2 is 1.73 bits per heavy atom. The van der Waals surface area contributed by atoms with E-state index in [9.17, 15) is 21.6 Å². The molecule has 22 heavy (non-hydrogen) atoms. The third-order valence-corrected chi connectivity index (χ3v) is 5.87. The lowest BCUT2D eigenvalue weighted by Gasteiger charge is -2.34. The molecule has 1 aromatic rings. The molecule has 0 radical (unpaired) electrons. The molecule has 2 atom stereocenters. The van der Waals surface area contributed by atoms with Crippen molar-refractivity contribution in [1.82, 2.24) is 4.31 Å². The summed E-state index contributed by atoms with van der Waals surface area (Å²) < 4.78 is 65.1. The number of halogens is 4. The molecule has 124 valence electrons. The first-order valence-electron chi connectivity index (χ1n) is 6.88. The summed E-state index contributed by atoms with van der Waals surface area (Å²) in [7, 11) is -3.95. The maximum atomic E-state index is 12.9. The molecule has 0 spiro atoms. The van der Waals surface area contributed by atoms with Crippen molar-refractivity contribution in [2.24, 2.45) is 11.8 Å². The van der Waals surface area contributed by atoms with Gasteiger partial charge in [-0.3, -0.25) is 0 Å². The third kappa shape index (κ3) is 3.58. The second-order valence-electron chi connectivity index (χ2n) is 5.91. The van der Waals surface area contributed by atoms with Crippen LogP contribution in [-0.4, -0.2) is 25.8 Å². The van der Waals surface area contributed by atoms with Gasteiger partial charge in [-0.2, -0.15) is 17.5 Å². The summed E-state index contributed by atoms with van der Waals surface area (Å²) in [5, 5.41) is -0.508. The molecule has 1 aromatic carbocycles. The average molecular weight is 356 g/mol. The normalized spacial score (nSPS) is 24.5. The molecule has 0 N–H and O–H groups in total. The molecule has 1 fully saturated rings. The van der Waals surface area contributed by atoms with Crippen molar-refractivity contribution in [2.75, 3.05) is 13.1 Å². The van der Waals surface area contributed by atoms with Crippen LogP contribution in [0.25, 0.3) is 0 Å². The second-order valence-corrected chi connectivity index (χ2v) is 8.25. The SMILES string of the molecule is C[C@@H]1C[C@H](C)CN(S(=O)(=O)c2ccc(Cl)c(C(F)(F)F)c2)C1. The fourth-order valence-electron chi connectivity index (χ4n) is 2.83. The minimum absolute atomic E-state index is 0.174. The van der Waals surface area contributed by atoms with Crippen LogP contribution >= 0.6 is 11.6 Å². The predicted octanol–water partition coefficient (Wildman–Crippen LogP) is 4.03. The molecule has 1 heterocycles. The highest BCUT2D eigenvalue weighted by atomic mass is 35.5. The molecule has 0 aromatic heterocycles. The minimum Gasteiger partial charge on any atom is -0.207 e. The summed E-state index contributed by atoms with van der Waals surface area (Å²) in [6, 6.07) is 2.71. The predicted molar refractivity (Wildman–Crippen MR) is 78.2 cm³/mol. The van der Waals surface area contributed by atoms with Crippen LogP contribution in [-0.2, 0) is 16.2 Å². The topological polar surface area (TPSA) is 37.4 Å². The zero-order valence-corrected chi connectivity index (χ0v) is 13.8. The molecule has 1 aliphatic rings. The van der Waals surface area contributed by atoms with Gasteiger partial charge in [0.25, 0.3) is 0 Å². The summed E-state index contributed by atoms with van der Waals surface area (Å²) in [6.45, 7) is 4.50. The quantitative estimate of drug-likeness (QED) is 0.803. The summed E-state index contributed by atoms with van der Waals surface area (Å²) in [4.78, 5) is -0.370. The summed E-state index contributed by atoms with van der Waals surface area (Å²) in [5.41, 5.74) is -1.13. The van der Waals surface area contributed by atoms with Crippen LogP contribution in [0.15, 0.2) is 23.1 Å². The highest BCUT2D eigenvalue weighted by Crippen LogP contribution is 2.37. The molecule has 2 rings (SSSR count). The molecule has 0 amide bonds. The Bertz CT molecular complexity index is 651. The van der Waals surface area contributed by atoms with Gasteiger partial charge in [-0.25, -0.2) is 8.42 Å². The molecule has 1 saturated heterocycles. The Hall–Kier alpha value is -0.790. The van der Waals surface area contributed by atoms with E-state index in [0.29, 0.717) is 19.2 Å². The van der Waals surface area contributed by atoms with Crippen molar-refractivity contribution < 1.29 is 21.6 Å². The van der Waals surface area contributed by atoms with Gasteiger partial charge in [-0.05, 0) is 36.5 Å². The van der Waals surface area contributed by atoms with E-state index in [1.54, 1.807) is 0 Å². The number of hydrogen-bond acceptors (Lipinski definition) is 2. The maximum Gasteiger partial charge on any atom is 0.417 e. The molecule has 1 aliphatic heterocycles. The number of piperidine rings is 1. The smallest absolute Gasteiger partial charge is 0.207 e. The van der Waals surface area contributed by atoms with Crippen LogP contribution in [0.3, 0.4) is 0 Å². The molecule has 3 nitrogen and oxygen atoms in total. The van der Waals surface area contributed by atoms with Gasteiger partial charge in [-0.15, -0.1) is 0 Å². The number of rotatable bonds is 2. The first-order valence-corrected chi connectivity index (χ1v) is 8.70. The number of hydrogen-bond donors (Lipinski definition) is 0. The minimum atomic E-state index is -4.69. The fraction of sp³-hybridized carbons (Fsp3) is 0.571. The van der Waals surface area contributed by atoms with Crippen LogP contribution in [0.1, 0.15) is 25.8 Å². The lowest BCUT2D eigenvalue weighted by atomic mass is 9.94. The molecular weight excluding hydrogens is 339 g/mol. The van der Waals surface area contributed by atoms with E-state index in [0.717, 1.165) is 18.6 Å². The summed E-state index contributed by atoms with van der Waals surface area (Å²) >= 11 is 5.53. The molecule has 0 aliphatic carbocycles. The van der Waals surface area contributed by atoms with Gasteiger partial charge in [0.05, 0.1) is 15.5 Å². The van der Waals surface area contributed by atoms with Crippen molar-refractivity contribution in [3.05, 3.63) is 28.8 Å². The largest absolute Gasteiger partial charge is 0.417 e. The first-order chi connectivity index (χ1) is 10.0. The van der Waals surface area contributed by atoms with Crippen molar-refractivity contribution >= 4 is 21.6 Å². The first kappa shape index (κ1) is 17.6. The van der Waals surface area contributed by atoms with Crippen LogP contribution in [0.4, 0.5) is 13.2 Å². The molecular formula is C14H17ClF3NO2S. The summed E-state index contributed by atoms with van der Waals surface area (Å²) in [6.07, 6.45) is -3.79. The third-order valence-electron chi connectivity index (χ3n) is 3.72. The molecule has 8 heteroatoms. The fourth-order valence-corrected chi connectivity index (χ4v) is 4.76. The molecule has 0 saturated carbocycles.